The first-order chi connectivity index (χ1) is 9.76. The molecule has 3 unspecified atom stereocenters. The molecule has 0 aromatic carbocycles. The van der Waals surface area contributed by atoms with Crippen molar-refractivity contribution in [2.75, 3.05) is 11.4 Å². The van der Waals surface area contributed by atoms with Crippen molar-refractivity contribution in [1.82, 2.24) is 10.3 Å². The molecular formula is C18H31N3. The van der Waals surface area contributed by atoms with Crippen LogP contribution in [0.2, 0.25) is 0 Å². The fourth-order valence-electron chi connectivity index (χ4n) is 3.11. The van der Waals surface area contributed by atoms with Crippen LogP contribution in [0.15, 0.2) is 18.3 Å². The van der Waals surface area contributed by atoms with Gasteiger partial charge in [-0.05, 0) is 63.6 Å². The molecule has 3 atom stereocenters. The zero-order valence-corrected chi connectivity index (χ0v) is 14.5. The minimum atomic E-state index is 0.144. The molecule has 118 valence electrons. The molecule has 1 aliphatic heterocycles. The molecule has 1 aromatic heterocycles. The van der Waals surface area contributed by atoms with E-state index in [0.717, 1.165) is 30.7 Å². The van der Waals surface area contributed by atoms with E-state index in [0.29, 0.717) is 6.04 Å². The van der Waals surface area contributed by atoms with E-state index in [2.05, 4.69) is 68.9 Å². The highest BCUT2D eigenvalue weighted by molar-refractivity contribution is 5.43. The van der Waals surface area contributed by atoms with Crippen molar-refractivity contribution in [3.63, 3.8) is 0 Å². The fraction of sp³-hybridized carbons (Fsp3) is 0.722. The molecule has 0 saturated carbocycles. The van der Waals surface area contributed by atoms with Crippen LogP contribution in [-0.2, 0) is 6.54 Å². The van der Waals surface area contributed by atoms with Gasteiger partial charge in [-0.15, -0.1) is 0 Å². The molecule has 1 N–H and O–H groups in total. The van der Waals surface area contributed by atoms with Crippen LogP contribution in [0.5, 0.6) is 0 Å². The van der Waals surface area contributed by atoms with Crippen LogP contribution in [-0.4, -0.2) is 23.1 Å². The van der Waals surface area contributed by atoms with Gasteiger partial charge in [0.2, 0.25) is 0 Å². The number of anilines is 1. The van der Waals surface area contributed by atoms with Crippen LogP contribution in [0.3, 0.4) is 0 Å². The topological polar surface area (TPSA) is 28.2 Å². The quantitative estimate of drug-likeness (QED) is 0.916. The first-order valence-electron chi connectivity index (χ1n) is 8.23. The Morgan fingerprint density at radius 2 is 2.00 bits per heavy atom. The molecule has 2 rings (SSSR count). The average molecular weight is 289 g/mol. The van der Waals surface area contributed by atoms with E-state index in [1.165, 1.54) is 12.0 Å². The monoisotopic (exact) mass is 289 g/mol. The smallest absolute Gasteiger partial charge is 0.129 e. The summed E-state index contributed by atoms with van der Waals surface area (Å²) in [5.74, 6) is 2.61. The van der Waals surface area contributed by atoms with Crippen molar-refractivity contribution in [1.29, 1.82) is 0 Å². The lowest BCUT2D eigenvalue weighted by atomic mass is 9.86. The van der Waals surface area contributed by atoms with Gasteiger partial charge in [-0.25, -0.2) is 4.98 Å². The average Bonchev–Trinajstić information content (AvgIpc) is 2.40. The van der Waals surface area contributed by atoms with Crippen molar-refractivity contribution >= 4 is 5.82 Å². The Bertz CT molecular complexity index is 464. The number of aromatic nitrogens is 1. The minimum Gasteiger partial charge on any atom is -0.353 e. The predicted octanol–water partition coefficient (Wildman–Crippen LogP) is 3.84. The SMILES string of the molecule is CC1CC(C)C(C)N(c2cc(CNC(C)(C)C)ccn2)C1. The fourth-order valence-corrected chi connectivity index (χ4v) is 3.11. The lowest BCUT2D eigenvalue weighted by Crippen LogP contribution is -2.46. The molecule has 0 aliphatic carbocycles. The molecule has 1 aromatic rings. The lowest BCUT2D eigenvalue weighted by Gasteiger charge is -2.42. The van der Waals surface area contributed by atoms with Gasteiger partial charge in [-0.3, -0.25) is 0 Å². The summed E-state index contributed by atoms with van der Waals surface area (Å²) in [7, 11) is 0. The number of nitrogens with one attached hydrogen (secondary N) is 1. The van der Waals surface area contributed by atoms with Crippen LogP contribution in [0, 0.1) is 11.8 Å². The normalized spacial score (nSPS) is 27.0. The van der Waals surface area contributed by atoms with E-state index in [9.17, 15) is 0 Å². The largest absolute Gasteiger partial charge is 0.353 e. The highest BCUT2D eigenvalue weighted by atomic mass is 15.2. The van der Waals surface area contributed by atoms with Gasteiger partial charge in [-0.1, -0.05) is 13.8 Å². The molecule has 3 nitrogen and oxygen atoms in total. The summed E-state index contributed by atoms with van der Waals surface area (Å²) in [6, 6.07) is 4.93. The Labute approximate surface area is 130 Å². The Hall–Kier alpha value is -1.09. The van der Waals surface area contributed by atoms with Gasteiger partial charge in [0.1, 0.15) is 5.82 Å². The zero-order valence-electron chi connectivity index (χ0n) is 14.5. The molecule has 1 saturated heterocycles. The maximum absolute atomic E-state index is 4.62. The van der Waals surface area contributed by atoms with Crippen molar-refractivity contribution in [3.8, 4) is 0 Å². The number of hydrogen-bond acceptors (Lipinski definition) is 3. The summed E-state index contributed by atoms with van der Waals surface area (Å²) in [6.07, 6.45) is 3.27. The van der Waals surface area contributed by atoms with Crippen molar-refractivity contribution in [3.05, 3.63) is 23.9 Å². The molecule has 21 heavy (non-hydrogen) atoms. The van der Waals surface area contributed by atoms with E-state index in [-0.39, 0.29) is 5.54 Å². The van der Waals surface area contributed by atoms with E-state index < -0.39 is 0 Å². The zero-order chi connectivity index (χ0) is 15.6. The van der Waals surface area contributed by atoms with Gasteiger partial charge < -0.3 is 10.2 Å². The number of rotatable bonds is 3. The maximum Gasteiger partial charge on any atom is 0.129 e. The van der Waals surface area contributed by atoms with Crippen molar-refractivity contribution in [2.45, 2.75) is 66.1 Å². The van der Waals surface area contributed by atoms with E-state index >= 15 is 0 Å². The summed E-state index contributed by atoms with van der Waals surface area (Å²) in [5, 5.41) is 3.55. The second kappa shape index (κ2) is 6.35. The van der Waals surface area contributed by atoms with Gasteiger partial charge in [-0.2, -0.15) is 0 Å². The lowest BCUT2D eigenvalue weighted by molar-refractivity contribution is 0.295. The first kappa shape index (κ1) is 16.3. The Kier molecular flexibility index (Phi) is 4.92. The van der Waals surface area contributed by atoms with E-state index in [1.54, 1.807) is 0 Å². The van der Waals surface area contributed by atoms with Crippen LogP contribution in [0.25, 0.3) is 0 Å². The molecular weight excluding hydrogens is 258 g/mol. The third-order valence-corrected chi connectivity index (χ3v) is 4.52. The van der Waals surface area contributed by atoms with Crippen molar-refractivity contribution in [2.24, 2.45) is 11.8 Å². The van der Waals surface area contributed by atoms with Gasteiger partial charge in [0, 0.05) is 30.9 Å². The van der Waals surface area contributed by atoms with E-state index in [1.807, 2.05) is 6.20 Å². The third kappa shape index (κ3) is 4.44. The van der Waals surface area contributed by atoms with Gasteiger partial charge in [0.05, 0.1) is 0 Å². The Balaban J connectivity index is 2.12. The summed E-state index contributed by atoms with van der Waals surface area (Å²) in [6.45, 7) is 15.7. The standard InChI is InChI=1S/C18H31N3/c1-13-9-14(2)15(3)21(12-13)17-10-16(7-8-19-17)11-20-18(4,5)6/h7-8,10,13-15,20H,9,11-12H2,1-6H3. The molecule has 0 radical (unpaired) electrons. The highest BCUT2D eigenvalue weighted by Gasteiger charge is 2.29. The molecule has 0 spiro atoms. The molecule has 0 amide bonds. The molecule has 3 heteroatoms. The molecule has 1 fully saturated rings. The number of hydrogen-bond donors (Lipinski definition) is 1. The minimum absolute atomic E-state index is 0.144. The van der Waals surface area contributed by atoms with Gasteiger partial charge in [0.15, 0.2) is 0 Å². The third-order valence-electron chi connectivity index (χ3n) is 4.52. The van der Waals surface area contributed by atoms with Crippen LogP contribution in [0.1, 0.15) is 53.5 Å². The Morgan fingerprint density at radius 3 is 2.67 bits per heavy atom. The van der Waals surface area contributed by atoms with Crippen LogP contribution >= 0.6 is 0 Å². The summed E-state index contributed by atoms with van der Waals surface area (Å²) >= 11 is 0. The molecule has 0 bridgehead atoms. The van der Waals surface area contributed by atoms with Crippen molar-refractivity contribution < 1.29 is 0 Å². The summed E-state index contributed by atoms with van der Waals surface area (Å²) in [4.78, 5) is 7.11. The maximum atomic E-state index is 4.62. The second-order valence-corrected chi connectivity index (χ2v) is 7.84. The highest BCUT2D eigenvalue weighted by Crippen LogP contribution is 2.30. The van der Waals surface area contributed by atoms with Gasteiger partial charge >= 0.3 is 0 Å². The Morgan fingerprint density at radius 1 is 1.29 bits per heavy atom. The van der Waals surface area contributed by atoms with Crippen LogP contribution < -0.4 is 10.2 Å². The number of piperidine rings is 1. The number of pyridine rings is 1. The number of nitrogens with zero attached hydrogens (tertiary/aromatic N) is 2. The summed E-state index contributed by atoms with van der Waals surface area (Å²) in [5.41, 5.74) is 1.46. The second-order valence-electron chi connectivity index (χ2n) is 7.84. The van der Waals surface area contributed by atoms with Gasteiger partial charge in [0.25, 0.3) is 0 Å². The predicted molar refractivity (Wildman–Crippen MR) is 90.6 cm³/mol. The van der Waals surface area contributed by atoms with E-state index in [4.69, 9.17) is 0 Å². The molecule has 2 heterocycles. The molecule has 1 aliphatic rings. The summed E-state index contributed by atoms with van der Waals surface area (Å²) < 4.78 is 0. The first-order valence-corrected chi connectivity index (χ1v) is 8.23. The van der Waals surface area contributed by atoms with Crippen LogP contribution in [0.4, 0.5) is 5.82 Å².